The Bertz CT molecular complexity index is 1040. The van der Waals surface area contributed by atoms with Crippen LogP contribution in [0.15, 0.2) is 48.5 Å². The van der Waals surface area contributed by atoms with Crippen LogP contribution >= 0.6 is 0 Å². The zero-order valence-electron chi connectivity index (χ0n) is 16.8. The first kappa shape index (κ1) is 19.8. The van der Waals surface area contributed by atoms with Gasteiger partial charge in [-0.3, -0.25) is 9.69 Å². The summed E-state index contributed by atoms with van der Waals surface area (Å²) in [6.07, 6.45) is 3.68. The Labute approximate surface area is 175 Å². The first-order chi connectivity index (χ1) is 14.6. The molecule has 0 spiro atoms. The highest BCUT2D eigenvalue weighted by Crippen LogP contribution is 2.30. The summed E-state index contributed by atoms with van der Waals surface area (Å²) in [7, 11) is 1.64. The number of hydrogen-bond acceptors (Lipinski definition) is 6. The fourth-order valence-corrected chi connectivity index (χ4v) is 3.47. The molecule has 2 N–H and O–H groups in total. The van der Waals surface area contributed by atoms with Crippen molar-refractivity contribution < 1.29 is 14.3 Å². The van der Waals surface area contributed by atoms with E-state index in [-0.39, 0.29) is 5.82 Å². The van der Waals surface area contributed by atoms with Crippen molar-refractivity contribution in [3.63, 3.8) is 0 Å². The Morgan fingerprint density at radius 1 is 1.17 bits per heavy atom. The van der Waals surface area contributed by atoms with Crippen LogP contribution in [0.5, 0.6) is 11.5 Å². The van der Waals surface area contributed by atoms with Crippen molar-refractivity contribution in [2.24, 2.45) is 5.73 Å². The summed E-state index contributed by atoms with van der Waals surface area (Å²) < 4.78 is 11.5. The number of carbonyl (C=O) groups is 1. The van der Waals surface area contributed by atoms with Crippen LogP contribution in [0.1, 0.15) is 33.0 Å². The lowest BCUT2D eigenvalue weighted by molar-refractivity contribution is 0.0989. The Kier molecular flexibility index (Phi) is 5.90. The molecule has 2 heterocycles. The molecule has 0 unspecified atom stereocenters. The summed E-state index contributed by atoms with van der Waals surface area (Å²) in [4.78, 5) is 21.8. The number of hydrogen-bond donors (Lipinski definition) is 1. The van der Waals surface area contributed by atoms with Gasteiger partial charge in [0.25, 0.3) is 5.91 Å². The Hall–Kier alpha value is -3.45. The second-order valence-corrected chi connectivity index (χ2v) is 7.17. The van der Waals surface area contributed by atoms with Crippen LogP contribution in [0, 0.1) is 6.20 Å². The van der Waals surface area contributed by atoms with Crippen LogP contribution in [0.25, 0.3) is 0 Å². The summed E-state index contributed by atoms with van der Waals surface area (Å²) in [5.41, 5.74) is 9.25. The van der Waals surface area contributed by atoms with E-state index in [0.29, 0.717) is 24.7 Å². The molecule has 1 aromatic heterocycles. The summed E-state index contributed by atoms with van der Waals surface area (Å²) >= 11 is 0. The van der Waals surface area contributed by atoms with Gasteiger partial charge < -0.3 is 15.2 Å². The fraction of sp³-hybridized carbons (Fsp3) is 0.261. The Morgan fingerprint density at radius 3 is 2.77 bits per heavy atom. The van der Waals surface area contributed by atoms with E-state index in [4.69, 9.17) is 15.2 Å². The van der Waals surface area contributed by atoms with Crippen molar-refractivity contribution in [2.75, 3.05) is 13.7 Å². The number of benzene rings is 2. The number of aromatic nitrogens is 2. The Balaban J connectivity index is 1.43. The minimum absolute atomic E-state index is 0.0113. The smallest absolute Gasteiger partial charge is 0.286 e. The van der Waals surface area contributed by atoms with Gasteiger partial charge in [-0.1, -0.05) is 36.4 Å². The predicted octanol–water partition coefficient (Wildman–Crippen LogP) is 2.52. The molecule has 7 nitrogen and oxygen atoms in total. The zero-order valence-corrected chi connectivity index (χ0v) is 16.8. The number of ether oxygens (including phenoxy) is 2. The predicted molar refractivity (Wildman–Crippen MR) is 111 cm³/mol. The van der Waals surface area contributed by atoms with Gasteiger partial charge in [0.15, 0.2) is 11.5 Å². The SMILES string of the molecule is COc1cc(CN2CCc3[c]nc(C(N)=O)nc3C2)ccc1OCc1ccccc1. The van der Waals surface area contributed by atoms with Crippen molar-refractivity contribution in [2.45, 2.75) is 26.1 Å². The number of methoxy groups -OCH3 is 1. The molecule has 3 aromatic rings. The second kappa shape index (κ2) is 8.92. The number of amides is 1. The highest BCUT2D eigenvalue weighted by atomic mass is 16.5. The standard InChI is InChI=1S/C23H23N4O3/c1-29-21-11-17(7-8-20(21)30-15-16-5-3-2-4-6-16)13-27-10-9-18-12-25-23(22(24)28)26-19(18)14-27/h2-8,11H,9-10,13-15H2,1H3,(H2,24,28). The average molecular weight is 403 g/mol. The molecule has 0 saturated heterocycles. The van der Waals surface area contributed by atoms with Gasteiger partial charge in [-0.05, 0) is 29.7 Å². The molecule has 0 fully saturated rings. The van der Waals surface area contributed by atoms with Gasteiger partial charge in [0, 0.05) is 25.2 Å². The average Bonchev–Trinajstić information content (AvgIpc) is 2.78. The molecule has 4 rings (SSSR count). The molecule has 1 aliphatic heterocycles. The summed E-state index contributed by atoms with van der Waals surface area (Å²) in [6.45, 7) is 2.68. The van der Waals surface area contributed by atoms with E-state index < -0.39 is 5.91 Å². The normalized spacial score (nSPS) is 13.5. The van der Waals surface area contributed by atoms with Crippen molar-refractivity contribution in [1.29, 1.82) is 0 Å². The first-order valence-corrected chi connectivity index (χ1v) is 9.75. The maximum Gasteiger partial charge on any atom is 0.286 e. The molecule has 1 amide bonds. The van der Waals surface area contributed by atoms with Crippen molar-refractivity contribution >= 4 is 5.91 Å². The molecule has 1 aliphatic rings. The largest absolute Gasteiger partial charge is 0.493 e. The van der Waals surface area contributed by atoms with E-state index in [9.17, 15) is 4.79 Å². The molecule has 30 heavy (non-hydrogen) atoms. The fourth-order valence-electron chi connectivity index (χ4n) is 3.47. The van der Waals surface area contributed by atoms with Crippen LogP contribution in [0.3, 0.4) is 0 Å². The third-order valence-electron chi connectivity index (χ3n) is 5.03. The van der Waals surface area contributed by atoms with E-state index in [1.807, 2.05) is 48.5 Å². The third kappa shape index (κ3) is 4.58. The molecule has 2 aromatic carbocycles. The molecule has 0 saturated carbocycles. The van der Waals surface area contributed by atoms with Gasteiger partial charge in [-0.2, -0.15) is 0 Å². The number of carbonyl (C=O) groups excluding carboxylic acids is 1. The number of nitrogens with two attached hydrogens (primary N) is 1. The van der Waals surface area contributed by atoms with Gasteiger partial charge >= 0.3 is 0 Å². The molecule has 153 valence electrons. The van der Waals surface area contributed by atoms with Gasteiger partial charge in [0.2, 0.25) is 5.82 Å². The van der Waals surface area contributed by atoms with E-state index in [1.165, 1.54) is 0 Å². The molecular formula is C23H23N4O3. The van der Waals surface area contributed by atoms with Crippen LogP contribution in [0.2, 0.25) is 0 Å². The summed E-state index contributed by atoms with van der Waals surface area (Å²) in [5.74, 6) is 0.786. The zero-order chi connectivity index (χ0) is 20.9. The number of rotatable bonds is 7. The summed E-state index contributed by atoms with van der Waals surface area (Å²) in [6, 6.07) is 16.0. The molecule has 0 atom stereocenters. The lowest BCUT2D eigenvalue weighted by Gasteiger charge is -2.27. The monoisotopic (exact) mass is 403 g/mol. The van der Waals surface area contributed by atoms with Crippen molar-refractivity contribution in [1.82, 2.24) is 14.9 Å². The molecule has 1 radical (unpaired) electrons. The Morgan fingerprint density at radius 2 is 2.00 bits per heavy atom. The molecule has 0 aliphatic carbocycles. The third-order valence-corrected chi connectivity index (χ3v) is 5.03. The number of fused-ring (bicyclic) bond motifs is 1. The lowest BCUT2D eigenvalue weighted by Crippen LogP contribution is -2.32. The van der Waals surface area contributed by atoms with E-state index in [2.05, 4.69) is 21.1 Å². The number of primary amides is 1. The lowest BCUT2D eigenvalue weighted by atomic mass is 10.1. The van der Waals surface area contributed by atoms with Gasteiger partial charge in [0.05, 0.1) is 19.0 Å². The maximum absolute atomic E-state index is 11.3. The van der Waals surface area contributed by atoms with E-state index in [0.717, 1.165) is 41.9 Å². The van der Waals surface area contributed by atoms with Crippen LogP contribution in [-0.4, -0.2) is 34.4 Å². The second-order valence-electron chi connectivity index (χ2n) is 7.17. The van der Waals surface area contributed by atoms with Gasteiger partial charge in [-0.25, -0.2) is 9.97 Å². The highest BCUT2D eigenvalue weighted by Gasteiger charge is 2.20. The van der Waals surface area contributed by atoms with E-state index in [1.54, 1.807) is 7.11 Å². The van der Waals surface area contributed by atoms with Crippen molar-refractivity contribution in [3.05, 3.63) is 82.9 Å². The highest BCUT2D eigenvalue weighted by molar-refractivity contribution is 5.88. The van der Waals surface area contributed by atoms with Crippen LogP contribution in [0.4, 0.5) is 0 Å². The molecular weight excluding hydrogens is 380 g/mol. The van der Waals surface area contributed by atoms with Crippen LogP contribution in [-0.2, 0) is 26.1 Å². The van der Waals surface area contributed by atoms with Gasteiger partial charge in [-0.15, -0.1) is 0 Å². The topological polar surface area (TPSA) is 90.6 Å². The minimum Gasteiger partial charge on any atom is -0.493 e. The van der Waals surface area contributed by atoms with Crippen LogP contribution < -0.4 is 15.2 Å². The maximum atomic E-state index is 11.3. The first-order valence-electron chi connectivity index (χ1n) is 9.75. The quantitative estimate of drug-likeness (QED) is 0.652. The summed E-state index contributed by atoms with van der Waals surface area (Å²) in [5, 5.41) is 0. The minimum atomic E-state index is -0.637. The molecule has 7 heteroatoms. The molecule has 0 bridgehead atoms. The number of nitrogens with zero attached hydrogens (tertiary/aromatic N) is 3. The van der Waals surface area contributed by atoms with Gasteiger partial charge in [0.1, 0.15) is 6.61 Å². The van der Waals surface area contributed by atoms with Crippen molar-refractivity contribution in [3.8, 4) is 11.5 Å². The van der Waals surface area contributed by atoms with E-state index >= 15 is 0 Å².